The normalized spacial score (nSPS) is 26.6. The fraction of sp³-hybridized carbons (Fsp3) is 0.700. The highest BCUT2D eigenvalue weighted by Gasteiger charge is 2.46. The molecule has 0 saturated carbocycles. The summed E-state index contributed by atoms with van der Waals surface area (Å²) in [6, 6.07) is 9.30. The van der Waals surface area contributed by atoms with E-state index in [0.717, 1.165) is 68.8 Å². The highest BCUT2D eigenvalue weighted by Crippen LogP contribution is 2.34. The van der Waals surface area contributed by atoms with E-state index in [4.69, 9.17) is 4.74 Å². The first kappa shape index (κ1) is 34.5. The van der Waals surface area contributed by atoms with Crippen molar-refractivity contribution >= 4 is 27.4 Å². The first-order valence-corrected chi connectivity index (χ1v) is 18.2. The largest absolute Gasteiger partial charge is 0.375 e. The quantitative estimate of drug-likeness (QED) is 0.218. The Morgan fingerprint density at radius 2 is 1.78 bits per heavy atom. The van der Waals surface area contributed by atoms with Crippen molar-refractivity contribution < 1.29 is 13.2 Å². The number of H-pyrrole nitrogens is 1. The number of anilines is 1. The lowest BCUT2D eigenvalue weighted by atomic mass is 10.1. The topological polar surface area (TPSA) is 133 Å². The molecule has 0 spiro atoms. The second-order valence-electron chi connectivity index (χ2n) is 13.1. The van der Waals surface area contributed by atoms with Gasteiger partial charge in [-0.3, -0.25) is 35.7 Å². The second kappa shape index (κ2) is 14.5. The number of aromatic amines is 1. The zero-order valence-corrected chi connectivity index (χ0v) is 29.3. The molecule has 3 aliphatic rings. The van der Waals surface area contributed by atoms with Crippen LogP contribution in [0.1, 0.15) is 19.5 Å². The summed E-state index contributed by atoms with van der Waals surface area (Å²) in [5.74, 6) is 0.830. The average Bonchev–Trinajstić information content (AvgIpc) is 3.70. The predicted octanol–water partition coefficient (Wildman–Crippen LogP) is 0.659. The Morgan fingerprint density at radius 3 is 2.36 bits per heavy atom. The van der Waals surface area contributed by atoms with Crippen LogP contribution in [0.2, 0.25) is 0 Å². The maximum atomic E-state index is 13.6. The van der Waals surface area contributed by atoms with Crippen LogP contribution in [0.5, 0.6) is 0 Å². The molecule has 0 radical (unpaired) electrons. The molecule has 0 amide bonds. The van der Waals surface area contributed by atoms with Gasteiger partial charge in [-0.2, -0.15) is 5.10 Å². The summed E-state index contributed by atoms with van der Waals surface area (Å²) in [6.45, 7) is 13.1. The van der Waals surface area contributed by atoms with Gasteiger partial charge in [0.25, 0.3) is 0 Å². The summed E-state index contributed by atoms with van der Waals surface area (Å²) >= 11 is 1.67. The summed E-state index contributed by atoms with van der Waals surface area (Å²) in [6.07, 6.45) is -0.651. The minimum Gasteiger partial charge on any atom is -0.375 e. The number of methoxy groups -OCH3 is 1. The summed E-state index contributed by atoms with van der Waals surface area (Å²) in [7, 11) is 4.57. The molecular weight excluding hydrogens is 613 g/mol. The van der Waals surface area contributed by atoms with Crippen LogP contribution in [0.25, 0.3) is 0 Å². The predicted molar refractivity (Wildman–Crippen MR) is 180 cm³/mol. The summed E-state index contributed by atoms with van der Waals surface area (Å²) in [4.78, 5) is 10.9. The maximum absolute atomic E-state index is 13.6. The van der Waals surface area contributed by atoms with Crippen LogP contribution in [-0.2, 0) is 14.6 Å². The maximum Gasteiger partial charge on any atom is 0.186 e. The van der Waals surface area contributed by atoms with Crippen molar-refractivity contribution in [3.05, 3.63) is 36.0 Å². The zero-order chi connectivity index (χ0) is 32.4. The molecule has 15 heteroatoms. The number of hydrogen-bond acceptors (Lipinski definition) is 13. The minimum absolute atomic E-state index is 0.0122. The van der Waals surface area contributed by atoms with E-state index >= 15 is 0 Å². The van der Waals surface area contributed by atoms with Gasteiger partial charge in [0.05, 0.1) is 27.7 Å². The lowest BCUT2D eigenvalue weighted by molar-refractivity contribution is -0.112. The second-order valence-corrected chi connectivity index (χ2v) is 16.7. The monoisotopic (exact) mass is 664 g/mol. The van der Waals surface area contributed by atoms with Gasteiger partial charge in [0, 0.05) is 70.4 Å². The smallest absolute Gasteiger partial charge is 0.186 e. The molecule has 3 fully saturated rings. The first-order valence-electron chi connectivity index (χ1n) is 15.8. The van der Waals surface area contributed by atoms with E-state index in [1.165, 1.54) is 0 Å². The van der Waals surface area contributed by atoms with Crippen LogP contribution >= 0.6 is 11.8 Å². The third-order valence-corrected chi connectivity index (χ3v) is 13.0. The van der Waals surface area contributed by atoms with Gasteiger partial charge in [0.1, 0.15) is 23.6 Å². The average molecular weight is 665 g/mol. The van der Waals surface area contributed by atoms with E-state index in [1.54, 1.807) is 44.9 Å². The molecule has 1 aromatic heterocycles. The van der Waals surface area contributed by atoms with Crippen molar-refractivity contribution in [1.82, 2.24) is 45.7 Å². The van der Waals surface area contributed by atoms with E-state index < -0.39 is 14.6 Å². The van der Waals surface area contributed by atoms with E-state index in [1.807, 2.05) is 25.1 Å². The van der Waals surface area contributed by atoms with Crippen molar-refractivity contribution in [2.75, 3.05) is 85.9 Å². The zero-order valence-electron chi connectivity index (χ0n) is 27.7. The highest BCUT2D eigenvalue weighted by atomic mass is 32.2. The van der Waals surface area contributed by atoms with Crippen molar-refractivity contribution in [2.24, 2.45) is 0 Å². The molecular formula is C30H52N10O3S2. The molecule has 4 atom stereocenters. The number of piperazine rings is 1. The Kier molecular flexibility index (Phi) is 11.2. The Morgan fingerprint density at radius 1 is 1.11 bits per heavy atom. The molecule has 2 aromatic rings. The van der Waals surface area contributed by atoms with Crippen molar-refractivity contribution in [1.29, 1.82) is 0 Å². The molecule has 13 nitrogen and oxygen atoms in total. The third-order valence-electron chi connectivity index (χ3n) is 9.26. The number of thioether (sulfide) groups is 1. The van der Waals surface area contributed by atoms with Gasteiger partial charge in [-0.25, -0.2) is 8.42 Å². The molecule has 4 unspecified atom stereocenters. The number of nitrogens with zero attached hydrogens (tertiary/aromatic N) is 5. The molecule has 3 aliphatic heterocycles. The molecule has 4 heterocycles. The SMILES string of the molecule is COC1C(Nc2cc(C)n[nH]2)NC(Sc2ccc(S(=O)(=O)C(C)(C)C3NCCN3)cc2)N(C)C1N1CCN(CCN(C)C)CC1. The van der Waals surface area contributed by atoms with Crippen molar-refractivity contribution in [3.63, 3.8) is 0 Å². The van der Waals surface area contributed by atoms with E-state index in [-0.39, 0.29) is 30.1 Å². The lowest BCUT2D eigenvalue weighted by Crippen LogP contribution is -2.73. The first-order chi connectivity index (χ1) is 21.4. The summed E-state index contributed by atoms with van der Waals surface area (Å²) in [5.41, 5.74) is 0.800. The van der Waals surface area contributed by atoms with Gasteiger partial charge in [-0.1, -0.05) is 11.8 Å². The van der Waals surface area contributed by atoms with Gasteiger partial charge in [-0.15, -0.1) is 0 Å². The Balaban J connectivity index is 1.34. The Hall–Kier alpha value is -1.79. The molecule has 252 valence electrons. The number of benzene rings is 1. The molecule has 0 bridgehead atoms. The summed E-state index contributed by atoms with van der Waals surface area (Å²) in [5, 5.41) is 21.3. The number of ether oxygens (including phenoxy) is 1. The van der Waals surface area contributed by atoms with Crippen LogP contribution in [0.3, 0.4) is 0 Å². The standard InChI is InChI=1S/C30H52N10O3S2/c1-21-20-24(36-35-21)33-26-25(43-7)27(40-18-16-39(17-19-40)15-14-37(4)5)38(6)29(34-26)44-22-8-10-23(11-9-22)45(41,42)30(2,3)28-31-12-13-32-28/h8-11,20,25-29,31-32,34H,12-19H2,1-7H3,(H2,33,35,36). The number of rotatable bonds is 12. The van der Waals surface area contributed by atoms with Crippen LogP contribution < -0.4 is 21.3 Å². The molecule has 0 aliphatic carbocycles. The molecule has 5 N–H and O–H groups in total. The lowest BCUT2D eigenvalue weighted by Gasteiger charge is -2.53. The number of sulfone groups is 1. The van der Waals surface area contributed by atoms with E-state index in [2.05, 4.69) is 72.2 Å². The van der Waals surface area contributed by atoms with Gasteiger partial charge in [0.15, 0.2) is 9.84 Å². The fourth-order valence-electron chi connectivity index (χ4n) is 6.41. The Labute approximate surface area is 273 Å². The highest BCUT2D eigenvalue weighted by molar-refractivity contribution is 7.99. The van der Waals surface area contributed by atoms with Gasteiger partial charge in [0.2, 0.25) is 0 Å². The minimum atomic E-state index is -3.58. The number of likely N-dealkylation sites (N-methyl/N-ethyl adjacent to an activating group) is 2. The summed E-state index contributed by atoms with van der Waals surface area (Å²) < 4.78 is 32.5. The van der Waals surface area contributed by atoms with Crippen LogP contribution in [-0.4, -0.2) is 154 Å². The molecule has 45 heavy (non-hydrogen) atoms. The molecule has 1 aromatic carbocycles. The van der Waals surface area contributed by atoms with Crippen molar-refractivity contribution in [3.8, 4) is 0 Å². The third kappa shape index (κ3) is 7.69. The van der Waals surface area contributed by atoms with Crippen molar-refractivity contribution in [2.45, 2.75) is 65.4 Å². The van der Waals surface area contributed by atoms with E-state index in [9.17, 15) is 8.42 Å². The molecule has 5 rings (SSSR count). The van der Waals surface area contributed by atoms with Gasteiger partial charge < -0.3 is 15.0 Å². The number of nitrogens with one attached hydrogen (secondary N) is 5. The fourth-order valence-corrected chi connectivity index (χ4v) is 9.05. The van der Waals surface area contributed by atoms with Crippen LogP contribution in [0.15, 0.2) is 40.1 Å². The molecule has 3 saturated heterocycles. The van der Waals surface area contributed by atoms with E-state index in [0.29, 0.717) is 4.90 Å². The number of aryl methyl sites for hydroxylation is 1. The van der Waals surface area contributed by atoms with Crippen LogP contribution in [0.4, 0.5) is 5.82 Å². The number of hydrogen-bond donors (Lipinski definition) is 5. The number of aromatic nitrogens is 2. The Bertz CT molecular complexity index is 1340. The van der Waals surface area contributed by atoms with Gasteiger partial charge in [-0.05, 0) is 66.2 Å². The van der Waals surface area contributed by atoms with Crippen LogP contribution in [0, 0.1) is 6.92 Å². The van der Waals surface area contributed by atoms with Gasteiger partial charge >= 0.3 is 0 Å².